The molecule has 0 fully saturated rings. The number of imidazole rings is 1. The van der Waals surface area contributed by atoms with E-state index in [0.717, 1.165) is 83.5 Å². The van der Waals surface area contributed by atoms with Crippen LogP contribution in [0.5, 0.6) is 0 Å². The minimum atomic E-state index is 0.565. The molecular weight excluding hydrogens is 725 g/mol. The van der Waals surface area contributed by atoms with Gasteiger partial charge < -0.3 is 8.98 Å². The van der Waals surface area contributed by atoms with Crippen molar-refractivity contribution in [1.82, 2.24) is 29.1 Å². The Morgan fingerprint density at radius 1 is 0.356 bits per heavy atom. The molecule has 0 radical (unpaired) electrons. The van der Waals surface area contributed by atoms with Crippen LogP contribution in [-0.2, 0) is 0 Å². The van der Waals surface area contributed by atoms with Crippen LogP contribution in [-0.4, -0.2) is 29.1 Å². The number of nitrogens with zero attached hydrogens (tertiary/aromatic N) is 6. The van der Waals surface area contributed by atoms with E-state index in [1.807, 2.05) is 60.7 Å². The largest absolute Gasteiger partial charge is 0.456 e. The van der Waals surface area contributed by atoms with Crippen LogP contribution in [0.2, 0.25) is 0 Å². The lowest BCUT2D eigenvalue weighted by atomic mass is 10.0. The van der Waals surface area contributed by atoms with Crippen LogP contribution in [0.4, 0.5) is 0 Å². The predicted octanol–water partition coefficient (Wildman–Crippen LogP) is 12.9. The number of fused-ring (bicyclic) bond motifs is 7. The number of aromatic nitrogens is 6. The molecule has 12 aromatic rings. The molecule has 0 unspecified atom stereocenters. The van der Waals surface area contributed by atoms with Crippen LogP contribution in [0, 0.1) is 0 Å². The molecule has 0 saturated carbocycles. The fourth-order valence-electron chi connectivity index (χ4n) is 8.51. The van der Waals surface area contributed by atoms with Gasteiger partial charge in [0.1, 0.15) is 17.0 Å². The Hall–Kier alpha value is -8.16. The highest BCUT2D eigenvalue weighted by atomic mass is 16.3. The van der Waals surface area contributed by atoms with Gasteiger partial charge in [0.25, 0.3) is 0 Å². The Kier molecular flexibility index (Phi) is 7.40. The molecule has 276 valence electrons. The second-order valence-corrected chi connectivity index (χ2v) is 14.7. The van der Waals surface area contributed by atoms with E-state index in [2.05, 4.69) is 143 Å². The molecule has 0 amide bonds. The van der Waals surface area contributed by atoms with Crippen molar-refractivity contribution in [2.45, 2.75) is 0 Å². The molecular formula is C52H32N6O. The second kappa shape index (κ2) is 13.2. The van der Waals surface area contributed by atoms with Crippen molar-refractivity contribution in [2.75, 3.05) is 0 Å². The molecule has 0 aliphatic heterocycles. The summed E-state index contributed by atoms with van der Waals surface area (Å²) in [6.45, 7) is 0. The summed E-state index contributed by atoms with van der Waals surface area (Å²) in [5.41, 5.74) is 11.6. The van der Waals surface area contributed by atoms with Crippen molar-refractivity contribution in [3.8, 4) is 56.9 Å². The van der Waals surface area contributed by atoms with Crippen LogP contribution >= 0.6 is 0 Å². The van der Waals surface area contributed by atoms with Crippen molar-refractivity contribution < 1.29 is 4.42 Å². The highest BCUT2D eigenvalue weighted by molar-refractivity contribution is 6.13. The van der Waals surface area contributed by atoms with Gasteiger partial charge in [0.05, 0.1) is 22.1 Å². The minimum Gasteiger partial charge on any atom is -0.456 e. The summed E-state index contributed by atoms with van der Waals surface area (Å²) in [6, 6.07) is 66.7. The molecule has 0 atom stereocenters. The quantitative estimate of drug-likeness (QED) is 0.169. The molecule has 12 rings (SSSR count). The van der Waals surface area contributed by atoms with E-state index < -0.39 is 0 Å². The van der Waals surface area contributed by atoms with Gasteiger partial charge in [-0.1, -0.05) is 109 Å². The maximum Gasteiger partial charge on any atom is 0.164 e. The summed E-state index contributed by atoms with van der Waals surface area (Å²) in [5.74, 6) is 2.60. The summed E-state index contributed by atoms with van der Waals surface area (Å²) in [5, 5.41) is 4.34. The molecule has 7 heteroatoms. The normalized spacial score (nSPS) is 11.7. The van der Waals surface area contributed by atoms with E-state index in [9.17, 15) is 0 Å². The van der Waals surface area contributed by atoms with Crippen LogP contribution in [0.3, 0.4) is 0 Å². The zero-order chi connectivity index (χ0) is 38.9. The van der Waals surface area contributed by atoms with Gasteiger partial charge >= 0.3 is 0 Å². The molecule has 0 bridgehead atoms. The Morgan fingerprint density at radius 2 is 0.932 bits per heavy atom. The summed E-state index contributed by atoms with van der Waals surface area (Å²) < 4.78 is 11.1. The molecule has 0 saturated heterocycles. The molecule has 0 spiro atoms. The first kappa shape index (κ1) is 33.0. The summed E-state index contributed by atoms with van der Waals surface area (Å²) in [7, 11) is 0. The molecule has 59 heavy (non-hydrogen) atoms. The minimum absolute atomic E-state index is 0.565. The van der Waals surface area contributed by atoms with Gasteiger partial charge in [-0.2, -0.15) is 0 Å². The Bertz CT molecular complexity index is 3490. The van der Waals surface area contributed by atoms with E-state index in [0.29, 0.717) is 17.5 Å². The van der Waals surface area contributed by atoms with E-state index >= 15 is 0 Å². The van der Waals surface area contributed by atoms with Crippen LogP contribution in [0.15, 0.2) is 199 Å². The maximum atomic E-state index is 6.52. The van der Waals surface area contributed by atoms with Crippen LogP contribution in [0.25, 0.3) is 112 Å². The van der Waals surface area contributed by atoms with Gasteiger partial charge in [0.2, 0.25) is 0 Å². The Morgan fingerprint density at radius 3 is 1.66 bits per heavy atom. The monoisotopic (exact) mass is 756 g/mol. The van der Waals surface area contributed by atoms with Crippen molar-refractivity contribution in [3.63, 3.8) is 0 Å². The lowest BCUT2D eigenvalue weighted by Crippen LogP contribution is -2.01. The first-order valence-corrected chi connectivity index (χ1v) is 19.6. The third kappa shape index (κ3) is 5.36. The Labute approximate surface area is 338 Å². The zero-order valence-electron chi connectivity index (χ0n) is 31.6. The number of rotatable bonds is 6. The third-order valence-electron chi connectivity index (χ3n) is 11.2. The summed E-state index contributed by atoms with van der Waals surface area (Å²) in [6.07, 6.45) is 0. The van der Waals surface area contributed by atoms with Gasteiger partial charge in [-0.15, -0.1) is 0 Å². The first-order valence-electron chi connectivity index (χ1n) is 19.6. The number of benzene rings is 8. The molecule has 0 aliphatic rings. The topological polar surface area (TPSA) is 74.6 Å². The van der Waals surface area contributed by atoms with Gasteiger partial charge in [-0.3, -0.25) is 4.57 Å². The maximum absolute atomic E-state index is 6.52. The average Bonchev–Trinajstić information content (AvgIpc) is 3.99. The standard InChI is InChI=1S/C52H32N6O/c1-3-14-33(15-4-1)49-54-50(34-26-29-37(30-27-34)57-43-22-10-7-18-38(43)39-19-8-11-23-44(39)57)56-51(55-49)40-20-13-25-47-48(40)41-32-35(28-31-46(41)59-47)52-53-42-21-9-12-24-45(42)58(52)36-16-5-2-6-17-36/h1-32H. The number of furan rings is 1. The summed E-state index contributed by atoms with van der Waals surface area (Å²) >= 11 is 0. The third-order valence-corrected chi connectivity index (χ3v) is 11.2. The van der Waals surface area contributed by atoms with Gasteiger partial charge in [-0.25, -0.2) is 19.9 Å². The molecule has 7 nitrogen and oxygen atoms in total. The highest BCUT2D eigenvalue weighted by Crippen LogP contribution is 2.40. The van der Waals surface area contributed by atoms with E-state index in [1.54, 1.807) is 0 Å². The smallest absolute Gasteiger partial charge is 0.164 e. The highest BCUT2D eigenvalue weighted by Gasteiger charge is 2.21. The molecule has 4 heterocycles. The SMILES string of the molecule is c1ccc(-c2nc(-c3ccc(-n4c5ccccc5c5ccccc54)cc3)nc(-c3cccc4oc5ccc(-c6nc7ccccc7n6-c6ccccc6)cc5c34)n2)cc1. The lowest BCUT2D eigenvalue weighted by molar-refractivity contribution is 0.669. The summed E-state index contributed by atoms with van der Waals surface area (Å²) in [4.78, 5) is 20.6. The van der Waals surface area contributed by atoms with Crippen LogP contribution < -0.4 is 0 Å². The Balaban J connectivity index is 1.03. The van der Waals surface area contributed by atoms with Crippen molar-refractivity contribution in [2.24, 2.45) is 0 Å². The van der Waals surface area contributed by atoms with Crippen molar-refractivity contribution in [3.05, 3.63) is 194 Å². The number of hydrogen-bond acceptors (Lipinski definition) is 5. The number of para-hydroxylation sites is 5. The fraction of sp³-hybridized carbons (Fsp3) is 0. The van der Waals surface area contributed by atoms with Crippen molar-refractivity contribution in [1.29, 1.82) is 0 Å². The van der Waals surface area contributed by atoms with Crippen molar-refractivity contribution >= 4 is 54.8 Å². The fourth-order valence-corrected chi connectivity index (χ4v) is 8.51. The predicted molar refractivity (Wildman–Crippen MR) is 238 cm³/mol. The van der Waals surface area contributed by atoms with Gasteiger partial charge in [-0.05, 0) is 84.9 Å². The zero-order valence-corrected chi connectivity index (χ0v) is 31.6. The van der Waals surface area contributed by atoms with Crippen LogP contribution in [0.1, 0.15) is 0 Å². The van der Waals surface area contributed by atoms with Gasteiger partial charge in [0, 0.05) is 55.2 Å². The molecule has 0 N–H and O–H groups in total. The van der Waals surface area contributed by atoms with E-state index in [1.165, 1.54) is 10.8 Å². The second-order valence-electron chi connectivity index (χ2n) is 14.7. The lowest BCUT2D eigenvalue weighted by Gasteiger charge is -2.11. The average molecular weight is 757 g/mol. The number of hydrogen-bond donors (Lipinski definition) is 0. The molecule has 4 aromatic heterocycles. The first-order chi connectivity index (χ1) is 29.2. The molecule has 0 aliphatic carbocycles. The van der Waals surface area contributed by atoms with E-state index in [4.69, 9.17) is 24.4 Å². The van der Waals surface area contributed by atoms with E-state index in [-0.39, 0.29) is 0 Å². The van der Waals surface area contributed by atoms with Gasteiger partial charge in [0.15, 0.2) is 17.5 Å². The molecule has 8 aromatic carbocycles.